The van der Waals surface area contributed by atoms with Crippen LogP contribution in [0.5, 0.6) is 0 Å². The summed E-state index contributed by atoms with van der Waals surface area (Å²) in [5, 5.41) is 6.48. The minimum absolute atomic E-state index is 0.00166. The molecule has 0 saturated heterocycles. The fraction of sp³-hybridized carbons (Fsp3) is 0. The number of hydrogen-bond acceptors (Lipinski definition) is 3. The molecular weight excluding hydrogens is 685 g/mol. The third kappa shape index (κ3) is 5.24. The van der Waals surface area contributed by atoms with Crippen molar-refractivity contribution < 1.29 is 9.60 Å². The van der Waals surface area contributed by atoms with E-state index in [2.05, 4.69) is 120 Å². The molecule has 3 heterocycles. The largest absolute Gasteiger partial charge is 0.254 e. The summed E-state index contributed by atoms with van der Waals surface area (Å²) < 4.78 is 60.4. The van der Waals surface area contributed by atoms with E-state index in [4.69, 9.17) is 14.6 Å². The zero-order valence-corrected chi connectivity index (χ0v) is 30.1. The molecule has 0 fully saturated rings. The first-order valence-corrected chi connectivity index (χ1v) is 18.9. The average Bonchev–Trinajstić information content (AvgIpc) is 3.80. The van der Waals surface area contributed by atoms with Crippen molar-refractivity contribution in [1.29, 1.82) is 0 Å². The highest BCUT2D eigenvalue weighted by atomic mass is 32.1. The highest BCUT2D eigenvalue weighted by Crippen LogP contribution is 2.47. The third-order valence-corrected chi connectivity index (χ3v) is 11.6. The predicted octanol–water partition coefficient (Wildman–Crippen LogP) is 14.6. The van der Waals surface area contributed by atoms with Crippen LogP contribution in [0, 0.1) is 0 Å². The van der Waals surface area contributed by atoms with Crippen LogP contribution in [0.4, 0.5) is 0 Å². The molecule has 2 nitrogen and oxygen atoms in total. The van der Waals surface area contributed by atoms with E-state index in [1.807, 2.05) is 36.4 Å². The molecule has 0 aliphatic heterocycles. The molecular formula is C52H32N2S. The SMILES string of the molecule is [2H]c1nc2c(c([2H])c1[2H])c([2H])c([2H])c1c([2H])c([2H])c(-c3ccc(-c4cccc(-c5ccc(-c6c7ccccc7c(-c7ccccc7)c7ccccc67)s5)c4)c4ccccc34)nc12. The summed E-state index contributed by atoms with van der Waals surface area (Å²) in [4.78, 5) is 11.4. The maximum absolute atomic E-state index is 9.11. The maximum Gasteiger partial charge on any atom is 0.0972 e. The van der Waals surface area contributed by atoms with Gasteiger partial charge in [0.15, 0.2) is 0 Å². The van der Waals surface area contributed by atoms with E-state index in [1.54, 1.807) is 11.3 Å². The van der Waals surface area contributed by atoms with E-state index < -0.39 is 12.2 Å². The molecule has 0 saturated carbocycles. The quantitative estimate of drug-likeness (QED) is 0.130. The van der Waals surface area contributed by atoms with Crippen LogP contribution in [-0.2, 0) is 0 Å². The zero-order chi connectivity index (χ0) is 42.4. The lowest BCUT2D eigenvalue weighted by Gasteiger charge is -2.16. The average molecular weight is 724 g/mol. The van der Waals surface area contributed by atoms with Crippen molar-refractivity contribution in [2.45, 2.75) is 0 Å². The first-order chi connectivity index (χ1) is 30.2. The van der Waals surface area contributed by atoms with Gasteiger partial charge < -0.3 is 0 Å². The van der Waals surface area contributed by atoms with Crippen LogP contribution >= 0.6 is 11.3 Å². The summed E-state index contributed by atoms with van der Waals surface area (Å²) in [6, 6.07) is 50.7. The molecule has 0 unspecified atom stereocenters. The molecule has 3 heteroatoms. The predicted molar refractivity (Wildman–Crippen MR) is 235 cm³/mol. The molecule has 0 spiro atoms. The Labute approximate surface area is 332 Å². The van der Waals surface area contributed by atoms with E-state index in [1.165, 1.54) is 43.1 Å². The molecule has 256 valence electrons. The fourth-order valence-corrected chi connectivity index (χ4v) is 9.05. The van der Waals surface area contributed by atoms with Crippen LogP contribution in [0.1, 0.15) is 9.60 Å². The van der Waals surface area contributed by atoms with Gasteiger partial charge >= 0.3 is 0 Å². The van der Waals surface area contributed by atoms with E-state index >= 15 is 0 Å². The molecule has 0 amide bonds. The van der Waals surface area contributed by atoms with Crippen molar-refractivity contribution in [1.82, 2.24) is 9.97 Å². The van der Waals surface area contributed by atoms with Crippen LogP contribution in [0.2, 0.25) is 0 Å². The van der Waals surface area contributed by atoms with Gasteiger partial charge in [0.05, 0.1) is 26.3 Å². The first-order valence-electron chi connectivity index (χ1n) is 21.6. The van der Waals surface area contributed by atoms with Crippen LogP contribution < -0.4 is 0 Å². The summed E-state index contributed by atoms with van der Waals surface area (Å²) in [6.45, 7) is 0. The van der Waals surface area contributed by atoms with Crippen molar-refractivity contribution in [2.24, 2.45) is 0 Å². The Morgan fingerprint density at radius 1 is 0.418 bits per heavy atom. The van der Waals surface area contributed by atoms with Gasteiger partial charge in [-0.05, 0) is 90.4 Å². The summed E-state index contributed by atoms with van der Waals surface area (Å²) >= 11 is 1.78. The van der Waals surface area contributed by atoms with E-state index in [0.29, 0.717) is 5.56 Å². The third-order valence-electron chi connectivity index (χ3n) is 10.4. The van der Waals surface area contributed by atoms with E-state index in [-0.39, 0.29) is 57.7 Å². The molecule has 3 aromatic heterocycles. The Bertz CT molecular complexity index is 3620. The van der Waals surface area contributed by atoms with Crippen molar-refractivity contribution in [2.75, 3.05) is 0 Å². The Balaban J connectivity index is 1.04. The lowest BCUT2D eigenvalue weighted by atomic mass is 9.88. The first kappa shape index (κ1) is 25.1. The summed E-state index contributed by atoms with van der Waals surface area (Å²) in [5.41, 5.74) is 7.58. The van der Waals surface area contributed by atoms with Crippen molar-refractivity contribution in [3.8, 4) is 54.4 Å². The molecule has 0 bridgehead atoms. The Morgan fingerprint density at radius 3 is 1.73 bits per heavy atom. The summed E-state index contributed by atoms with van der Waals surface area (Å²) in [5.74, 6) is 0. The highest BCUT2D eigenvalue weighted by Gasteiger charge is 2.18. The van der Waals surface area contributed by atoms with E-state index in [9.17, 15) is 0 Å². The van der Waals surface area contributed by atoms with Crippen molar-refractivity contribution in [3.63, 3.8) is 0 Å². The lowest BCUT2D eigenvalue weighted by molar-refractivity contribution is 1.37. The van der Waals surface area contributed by atoms with Gasteiger partial charge in [-0.2, -0.15) is 0 Å². The number of aromatic nitrogens is 2. The van der Waals surface area contributed by atoms with Crippen LogP contribution in [0.3, 0.4) is 0 Å². The van der Waals surface area contributed by atoms with Crippen molar-refractivity contribution in [3.05, 3.63) is 194 Å². The molecule has 55 heavy (non-hydrogen) atoms. The zero-order valence-electron chi connectivity index (χ0n) is 36.2. The van der Waals surface area contributed by atoms with Gasteiger partial charge in [0.25, 0.3) is 0 Å². The standard InChI is InChI=1S/C52H32N2S/c1-2-12-33(13-3-1)49-42-19-6-8-21-44(42)50(45-22-9-7-20-43(45)49)48-30-29-47(55-48)37-15-10-14-36(32-37)38-26-27-41(40-18-5-4-17-39(38)40)46-28-25-35-24-23-34-16-11-31-53-51(34)52(35)54-46/h1-32H/i11D,16D,23D,24D,25D,28D,31D. The molecule has 11 rings (SSSR count). The molecule has 0 atom stereocenters. The highest BCUT2D eigenvalue weighted by molar-refractivity contribution is 7.19. The van der Waals surface area contributed by atoms with Crippen molar-refractivity contribution >= 4 is 65.5 Å². The van der Waals surface area contributed by atoms with Crippen LogP contribution in [0.15, 0.2) is 194 Å². The number of hydrogen-bond donors (Lipinski definition) is 0. The summed E-state index contributed by atoms with van der Waals surface area (Å²) in [7, 11) is 0. The minimum Gasteiger partial charge on any atom is -0.254 e. The van der Waals surface area contributed by atoms with Gasteiger partial charge in [0.2, 0.25) is 0 Å². The molecule has 0 N–H and O–H groups in total. The molecule has 0 aliphatic carbocycles. The summed E-state index contributed by atoms with van der Waals surface area (Å²) in [6.07, 6.45) is -0.457. The molecule has 8 aromatic carbocycles. The Kier molecular flexibility index (Phi) is 5.89. The maximum atomic E-state index is 9.11. The number of nitrogens with zero attached hydrogens (tertiary/aromatic N) is 2. The van der Waals surface area contributed by atoms with Gasteiger partial charge in [-0.25, -0.2) is 4.98 Å². The second-order valence-electron chi connectivity index (χ2n) is 13.5. The smallest absolute Gasteiger partial charge is 0.0972 e. The van der Waals surface area contributed by atoms with Gasteiger partial charge in [-0.1, -0.05) is 158 Å². The van der Waals surface area contributed by atoms with E-state index in [0.717, 1.165) is 32.3 Å². The minimum atomic E-state index is -0.457. The lowest BCUT2D eigenvalue weighted by Crippen LogP contribution is -1.91. The Hall–Kier alpha value is -6.94. The second kappa shape index (κ2) is 12.9. The molecule has 0 aliphatic rings. The fourth-order valence-electron chi connectivity index (χ4n) is 7.98. The van der Waals surface area contributed by atoms with Gasteiger partial charge in [-0.15, -0.1) is 11.3 Å². The van der Waals surface area contributed by atoms with Gasteiger partial charge in [0, 0.05) is 37.8 Å². The Morgan fingerprint density at radius 2 is 0.982 bits per heavy atom. The number of rotatable bonds is 5. The van der Waals surface area contributed by atoms with Crippen LogP contribution in [0.25, 0.3) is 109 Å². The number of pyridine rings is 2. The molecule has 11 aromatic rings. The van der Waals surface area contributed by atoms with Gasteiger partial charge in [-0.3, -0.25) is 4.98 Å². The molecule has 0 radical (unpaired) electrons. The normalized spacial score (nSPS) is 13.4. The second-order valence-corrected chi connectivity index (χ2v) is 14.6. The number of fused-ring (bicyclic) bond motifs is 6. The van der Waals surface area contributed by atoms with Gasteiger partial charge in [0.1, 0.15) is 0 Å². The number of benzene rings is 8. The topological polar surface area (TPSA) is 25.8 Å². The number of thiophene rings is 1. The monoisotopic (exact) mass is 723 g/mol. The van der Waals surface area contributed by atoms with Crippen LogP contribution in [-0.4, -0.2) is 9.97 Å².